The number of hydrogen-bond acceptors (Lipinski definition) is 4. The summed E-state index contributed by atoms with van der Waals surface area (Å²) in [7, 11) is 0. The third kappa shape index (κ3) is 3.86. The Morgan fingerprint density at radius 1 is 1.61 bits per heavy atom. The first-order valence-corrected chi connectivity index (χ1v) is 6.08. The van der Waals surface area contributed by atoms with Gasteiger partial charge in [-0.1, -0.05) is 11.6 Å². The molecular weight excluding hydrogens is 321 g/mol. The van der Waals surface area contributed by atoms with E-state index in [2.05, 4.69) is 21.1 Å². The maximum Gasteiger partial charge on any atom is 0.425 e. The Hall–Kier alpha value is -1.32. The van der Waals surface area contributed by atoms with Crippen molar-refractivity contribution in [2.24, 2.45) is 0 Å². The molecule has 0 aliphatic rings. The van der Waals surface area contributed by atoms with E-state index in [9.17, 15) is 4.79 Å². The molecule has 1 aromatic rings. The summed E-state index contributed by atoms with van der Waals surface area (Å²) >= 11 is 8.89. The standard InChI is InChI=1S/C11H11BrClN3O2/c1-11(2,3)18-10(17)16(12)7-4-8(13)9(5-14)15-6-7/h4,6H,1-3H3. The molecule has 0 saturated heterocycles. The normalized spacial score (nSPS) is 10.7. The van der Waals surface area contributed by atoms with Crippen LogP contribution in [-0.2, 0) is 4.74 Å². The summed E-state index contributed by atoms with van der Waals surface area (Å²) in [5, 5.41) is 8.87. The molecule has 7 heteroatoms. The number of aromatic nitrogens is 1. The summed E-state index contributed by atoms with van der Waals surface area (Å²) in [5.74, 6) is 0. The Morgan fingerprint density at radius 2 is 2.22 bits per heavy atom. The van der Waals surface area contributed by atoms with Crippen LogP contribution in [0.25, 0.3) is 0 Å². The molecule has 0 radical (unpaired) electrons. The first-order chi connectivity index (χ1) is 8.24. The number of anilines is 1. The smallest absolute Gasteiger partial charge is 0.425 e. The lowest BCUT2D eigenvalue weighted by Gasteiger charge is -2.23. The van der Waals surface area contributed by atoms with Crippen LogP contribution in [0.1, 0.15) is 26.5 Å². The van der Waals surface area contributed by atoms with Gasteiger partial charge in [-0.05, 0) is 26.8 Å². The Morgan fingerprint density at radius 3 is 2.67 bits per heavy atom. The quantitative estimate of drug-likeness (QED) is 0.736. The highest BCUT2D eigenvalue weighted by atomic mass is 79.9. The summed E-state index contributed by atoms with van der Waals surface area (Å²) in [6.45, 7) is 5.28. The molecule has 5 nitrogen and oxygen atoms in total. The zero-order valence-electron chi connectivity index (χ0n) is 10.1. The molecule has 1 aromatic heterocycles. The molecule has 0 bridgehead atoms. The van der Waals surface area contributed by atoms with Gasteiger partial charge in [0.25, 0.3) is 0 Å². The average Bonchev–Trinajstić information content (AvgIpc) is 2.25. The van der Waals surface area contributed by atoms with Crippen molar-refractivity contribution in [3.05, 3.63) is 23.0 Å². The predicted molar refractivity (Wildman–Crippen MR) is 71.6 cm³/mol. The number of carbonyl (C=O) groups excluding carboxylic acids is 1. The molecule has 0 aliphatic carbocycles. The minimum absolute atomic E-state index is 0.102. The SMILES string of the molecule is CC(C)(C)OC(=O)N(Br)c1cnc(C#N)c(Cl)c1. The van der Waals surface area contributed by atoms with E-state index in [0.717, 1.165) is 3.93 Å². The Bertz CT molecular complexity index is 508. The van der Waals surface area contributed by atoms with E-state index in [1.165, 1.54) is 12.3 Å². The number of nitriles is 1. The maximum atomic E-state index is 11.7. The van der Waals surface area contributed by atoms with E-state index in [1.54, 1.807) is 20.8 Å². The fourth-order valence-corrected chi connectivity index (χ4v) is 1.49. The van der Waals surface area contributed by atoms with E-state index in [1.807, 2.05) is 6.07 Å². The largest absolute Gasteiger partial charge is 0.443 e. The van der Waals surface area contributed by atoms with Crippen molar-refractivity contribution in [3.8, 4) is 6.07 Å². The zero-order chi connectivity index (χ0) is 13.9. The molecule has 0 unspecified atom stereocenters. The van der Waals surface area contributed by atoms with E-state index in [4.69, 9.17) is 21.6 Å². The number of amides is 1. The van der Waals surface area contributed by atoms with Gasteiger partial charge in [0.1, 0.15) is 11.7 Å². The summed E-state index contributed by atoms with van der Waals surface area (Å²) in [5.41, 5.74) is -0.119. The lowest BCUT2D eigenvalue weighted by molar-refractivity contribution is 0.0614. The van der Waals surface area contributed by atoms with Crippen LogP contribution in [0.4, 0.5) is 10.5 Å². The molecule has 1 heterocycles. The predicted octanol–water partition coefficient (Wildman–Crippen LogP) is 3.66. The molecule has 0 N–H and O–H groups in total. The second-order valence-electron chi connectivity index (χ2n) is 4.40. The van der Waals surface area contributed by atoms with Gasteiger partial charge in [0, 0.05) is 0 Å². The van der Waals surface area contributed by atoms with Gasteiger partial charge in [-0.3, -0.25) is 0 Å². The molecule has 0 fully saturated rings. The van der Waals surface area contributed by atoms with Gasteiger partial charge in [-0.15, -0.1) is 0 Å². The van der Waals surface area contributed by atoms with Gasteiger partial charge >= 0.3 is 6.09 Å². The number of nitrogens with zero attached hydrogens (tertiary/aromatic N) is 3. The van der Waals surface area contributed by atoms with E-state index < -0.39 is 11.7 Å². The van der Waals surface area contributed by atoms with Crippen LogP contribution in [-0.4, -0.2) is 16.7 Å². The van der Waals surface area contributed by atoms with Gasteiger partial charge in [-0.2, -0.15) is 5.26 Å². The summed E-state index contributed by atoms with van der Waals surface area (Å²) < 4.78 is 6.25. The van der Waals surface area contributed by atoms with Crippen LogP contribution >= 0.6 is 27.7 Å². The van der Waals surface area contributed by atoms with Gasteiger partial charge in [0.05, 0.1) is 33.1 Å². The van der Waals surface area contributed by atoms with Gasteiger partial charge < -0.3 is 4.74 Å². The van der Waals surface area contributed by atoms with Crippen LogP contribution in [0.5, 0.6) is 0 Å². The van der Waals surface area contributed by atoms with Crippen molar-refractivity contribution in [2.45, 2.75) is 26.4 Å². The molecule has 0 atom stereocenters. The van der Waals surface area contributed by atoms with Crippen LogP contribution in [0, 0.1) is 11.3 Å². The number of ether oxygens (including phenoxy) is 1. The summed E-state index contributed by atoms with van der Waals surface area (Å²) in [4.78, 5) is 15.6. The number of pyridine rings is 1. The molecule has 0 saturated carbocycles. The van der Waals surface area contributed by atoms with E-state index in [-0.39, 0.29) is 10.7 Å². The highest BCUT2D eigenvalue weighted by Gasteiger charge is 2.22. The second kappa shape index (κ2) is 5.55. The lowest BCUT2D eigenvalue weighted by Crippen LogP contribution is -2.30. The molecule has 1 amide bonds. The highest BCUT2D eigenvalue weighted by molar-refractivity contribution is 9.10. The Labute approximate surface area is 119 Å². The van der Waals surface area contributed by atoms with Crippen LogP contribution in [0.2, 0.25) is 5.02 Å². The van der Waals surface area contributed by atoms with Crippen molar-refractivity contribution in [3.63, 3.8) is 0 Å². The number of halogens is 2. The molecule has 96 valence electrons. The third-order valence-electron chi connectivity index (χ3n) is 1.71. The van der Waals surface area contributed by atoms with Crippen molar-refractivity contribution in [1.82, 2.24) is 4.98 Å². The first kappa shape index (κ1) is 14.7. The molecule has 1 rings (SSSR count). The van der Waals surface area contributed by atoms with Crippen LogP contribution in [0.15, 0.2) is 12.3 Å². The maximum absolute atomic E-state index is 11.7. The van der Waals surface area contributed by atoms with E-state index in [0.29, 0.717) is 5.69 Å². The van der Waals surface area contributed by atoms with Crippen molar-refractivity contribution in [1.29, 1.82) is 5.26 Å². The Balaban J connectivity index is 2.91. The number of hydrogen-bond donors (Lipinski definition) is 0. The number of rotatable bonds is 1. The topological polar surface area (TPSA) is 66.2 Å². The zero-order valence-corrected chi connectivity index (χ0v) is 12.4. The first-order valence-electron chi connectivity index (χ1n) is 4.99. The Kier molecular flexibility index (Phi) is 4.54. The van der Waals surface area contributed by atoms with E-state index >= 15 is 0 Å². The fraction of sp³-hybridized carbons (Fsp3) is 0.364. The van der Waals surface area contributed by atoms with Gasteiger partial charge in [-0.25, -0.2) is 13.7 Å². The monoisotopic (exact) mass is 331 g/mol. The summed E-state index contributed by atoms with van der Waals surface area (Å²) in [6.07, 6.45) is 0.758. The lowest BCUT2D eigenvalue weighted by atomic mass is 10.2. The van der Waals surface area contributed by atoms with Crippen molar-refractivity contribution >= 4 is 39.5 Å². The van der Waals surface area contributed by atoms with Crippen molar-refractivity contribution in [2.75, 3.05) is 3.93 Å². The average molecular weight is 333 g/mol. The van der Waals surface area contributed by atoms with Crippen molar-refractivity contribution < 1.29 is 9.53 Å². The molecule has 18 heavy (non-hydrogen) atoms. The summed E-state index contributed by atoms with van der Waals surface area (Å²) in [6, 6.07) is 3.29. The van der Waals surface area contributed by atoms with Crippen LogP contribution < -0.4 is 3.93 Å². The molecule has 0 aromatic carbocycles. The minimum Gasteiger partial charge on any atom is -0.443 e. The molecular formula is C11H11BrClN3O2. The third-order valence-corrected chi connectivity index (χ3v) is 2.70. The number of carbonyl (C=O) groups is 1. The highest BCUT2D eigenvalue weighted by Crippen LogP contribution is 2.25. The fourth-order valence-electron chi connectivity index (χ4n) is 1.02. The van der Waals surface area contributed by atoms with Gasteiger partial charge in [0.15, 0.2) is 5.69 Å². The molecule has 0 spiro atoms. The van der Waals surface area contributed by atoms with Gasteiger partial charge in [0.2, 0.25) is 0 Å². The second-order valence-corrected chi connectivity index (χ2v) is 5.51. The molecule has 0 aliphatic heterocycles. The van der Waals surface area contributed by atoms with Crippen LogP contribution in [0.3, 0.4) is 0 Å². The minimum atomic E-state index is -0.604.